The third-order valence-electron chi connectivity index (χ3n) is 2.94. The highest BCUT2D eigenvalue weighted by atomic mass is 35.5. The zero-order chi connectivity index (χ0) is 14.9. The summed E-state index contributed by atoms with van der Waals surface area (Å²) in [5.41, 5.74) is 7.54. The summed E-state index contributed by atoms with van der Waals surface area (Å²) in [6, 6.07) is 4.47. The van der Waals surface area contributed by atoms with Crippen molar-refractivity contribution < 1.29 is 8.42 Å². The zero-order valence-electron chi connectivity index (χ0n) is 11.1. The standard InChI is InChI=1S/C13H15ClN2O2S2/c1-8-5-11(6-12(15)13(8)14)20(17,18)16-9(2)10-3-4-19-7-10/h3-7,9,16H,15H2,1-2H3. The SMILES string of the molecule is Cc1cc(S(=O)(=O)NC(C)c2ccsc2)cc(N)c1Cl. The molecule has 0 spiro atoms. The highest BCUT2D eigenvalue weighted by Crippen LogP contribution is 2.27. The fraction of sp³-hybridized carbons (Fsp3) is 0.231. The number of anilines is 1. The van der Waals surface area contributed by atoms with Crippen molar-refractivity contribution in [3.8, 4) is 0 Å². The van der Waals surface area contributed by atoms with Gasteiger partial charge in [-0.1, -0.05) is 11.6 Å². The molecule has 20 heavy (non-hydrogen) atoms. The minimum Gasteiger partial charge on any atom is -0.397 e. The van der Waals surface area contributed by atoms with Gasteiger partial charge in [-0.3, -0.25) is 0 Å². The van der Waals surface area contributed by atoms with Gasteiger partial charge in [0.25, 0.3) is 0 Å². The average molecular weight is 331 g/mol. The van der Waals surface area contributed by atoms with Crippen LogP contribution in [0.15, 0.2) is 33.9 Å². The lowest BCUT2D eigenvalue weighted by Crippen LogP contribution is -2.26. The second kappa shape index (κ2) is 5.73. The number of sulfonamides is 1. The van der Waals surface area contributed by atoms with Crippen LogP contribution >= 0.6 is 22.9 Å². The van der Waals surface area contributed by atoms with Crippen LogP contribution < -0.4 is 10.5 Å². The van der Waals surface area contributed by atoms with Crippen molar-refractivity contribution in [3.05, 3.63) is 45.1 Å². The Kier molecular flexibility index (Phi) is 4.39. The van der Waals surface area contributed by atoms with Crippen molar-refractivity contribution in [3.63, 3.8) is 0 Å². The molecule has 0 aliphatic rings. The fourth-order valence-electron chi connectivity index (χ4n) is 1.81. The molecule has 0 amide bonds. The second-order valence-electron chi connectivity index (χ2n) is 4.54. The van der Waals surface area contributed by atoms with Gasteiger partial charge in [-0.25, -0.2) is 13.1 Å². The number of aryl methyl sites for hydroxylation is 1. The van der Waals surface area contributed by atoms with Gasteiger partial charge in [0.15, 0.2) is 0 Å². The summed E-state index contributed by atoms with van der Waals surface area (Å²) in [5, 5.41) is 4.20. The molecule has 2 rings (SSSR count). The number of nitrogens with two attached hydrogens (primary N) is 1. The molecule has 108 valence electrons. The largest absolute Gasteiger partial charge is 0.397 e. The highest BCUT2D eigenvalue weighted by molar-refractivity contribution is 7.89. The van der Waals surface area contributed by atoms with Crippen molar-refractivity contribution >= 4 is 38.6 Å². The normalized spacial score (nSPS) is 13.3. The predicted octanol–water partition coefficient (Wildman–Crippen LogP) is 3.33. The van der Waals surface area contributed by atoms with Crippen molar-refractivity contribution in [2.45, 2.75) is 24.8 Å². The van der Waals surface area contributed by atoms with E-state index in [2.05, 4.69) is 4.72 Å². The first-order valence-electron chi connectivity index (χ1n) is 5.91. The van der Waals surface area contributed by atoms with E-state index in [0.29, 0.717) is 10.6 Å². The molecular weight excluding hydrogens is 316 g/mol. The summed E-state index contributed by atoms with van der Waals surface area (Å²) in [5.74, 6) is 0. The quantitative estimate of drug-likeness (QED) is 0.844. The van der Waals surface area contributed by atoms with Crippen molar-refractivity contribution in [2.24, 2.45) is 0 Å². The van der Waals surface area contributed by atoms with E-state index in [0.717, 1.165) is 5.56 Å². The van der Waals surface area contributed by atoms with E-state index >= 15 is 0 Å². The predicted molar refractivity (Wildman–Crippen MR) is 83.7 cm³/mol. The molecule has 3 N–H and O–H groups in total. The summed E-state index contributed by atoms with van der Waals surface area (Å²) < 4.78 is 27.3. The summed E-state index contributed by atoms with van der Waals surface area (Å²) >= 11 is 7.47. The van der Waals surface area contributed by atoms with E-state index < -0.39 is 10.0 Å². The molecule has 1 aromatic heterocycles. The number of benzene rings is 1. The van der Waals surface area contributed by atoms with Gasteiger partial charge >= 0.3 is 0 Å². The van der Waals surface area contributed by atoms with Gasteiger partial charge in [0.05, 0.1) is 15.6 Å². The third-order valence-corrected chi connectivity index (χ3v) is 5.68. The summed E-state index contributed by atoms with van der Waals surface area (Å²) in [6.07, 6.45) is 0. The van der Waals surface area contributed by atoms with Crippen LogP contribution in [0.25, 0.3) is 0 Å². The van der Waals surface area contributed by atoms with Crippen LogP contribution in [-0.4, -0.2) is 8.42 Å². The topological polar surface area (TPSA) is 72.2 Å². The summed E-state index contributed by atoms with van der Waals surface area (Å²) in [7, 11) is -3.63. The lowest BCUT2D eigenvalue weighted by atomic mass is 10.2. The van der Waals surface area contributed by atoms with Crippen LogP contribution in [0.5, 0.6) is 0 Å². The van der Waals surface area contributed by atoms with Crippen LogP contribution in [0.1, 0.15) is 24.1 Å². The van der Waals surface area contributed by atoms with Gasteiger partial charge in [0.1, 0.15) is 0 Å². The Hall–Kier alpha value is -1.08. The van der Waals surface area contributed by atoms with Gasteiger partial charge in [-0.05, 0) is 53.9 Å². The first-order valence-corrected chi connectivity index (χ1v) is 8.71. The number of hydrogen-bond donors (Lipinski definition) is 2. The molecule has 0 radical (unpaired) electrons. The minimum atomic E-state index is -3.63. The minimum absolute atomic E-state index is 0.124. The summed E-state index contributed by atoms with van der Waals surface area (Å²) in [6.45, 7) is 3.52. The second-order valence-corrected chi connectivity index (χ2v) is 7.42. The van der Waals surface area contributed by atoms with E-state index in [4.69, 9.17) is 17.3 Å². The fourth-order valence-corrected chi connectivity index (χ4v) is 4.02. The van der Waals surface area contributed by atoms with Gasteiger partial charge in [0.2, 0.25) is 10.0 Å². The molecule has 1 aromatic carbocycles. The van der Waals surface area contributed by atoms with Gasteiger partial charge in [-0.15, -0.1) is 0 Å². The smallest absolute Gasteiger partial charge is 0.241 e. The van der Waals surface area contributed by atoms with E-state index in [1.165, 1.54) is 23.5 Å². The molecule has 0 saturated carbocycles. The van der Waals surface area contributed by atoms with E-state index in [9.17, 15) is 8.42 Å². The molecule has 2 aromatic rings. The maximum atomic E-state index is 12.3. The molecule has 4 nitrogen and oxygen atoms in total. The zero-order valence-corrected chi connectivity index (χ0v) is 13.4. The Morgan fingerprint density at radius 2 is 2.10 bits per heavy atom. The molecule has 1 unspecified atom stereocenters. The van der Waals surface area contributed by atoms with Crippen LogP contribution in [-0.2, 0) is 10.0 Å². The Labute approximate surface area is 127 Å². The molecule has 0 saturated heterocycles. The maximum absolute atomic E-state index is 12.3. The van der Waals surface area contributed by atoms with Crippen LogP contribution in [0, 0.1) is 6.92 Å². The Balaban J connectivity index is 2.31. The first-order chi connectivity index (χ1) is 9.31. The molecular formula is C13H15ClN2O2S2. The summed E-state index contributed by atoms with van der Waals surface area (Å²) in [4.78, 5) is 0.124. The van der Waals surface area contributed by atoms with Gasteiger partial charge < -0.3 is 5.73 Å². The van der Waals surface area contributed by atoms with Crippen LogP contribution in [0.4, 0.5) is 5.69 Å². The number of rotatable bonds is 4. The maximum Gasteiger partial charge on any atom is 0.241 e. The van der Waals surface area contributed by atoms with E-state index in [1.807, 2.05) is 16.8 Å². The van der Waals surface area contributed by atoms with Crippen molar-refractivity contribution in [1.29, 1.82) is 0 Å². The monoisotopic (exact) mass is 330 g/mol. The molecule has 0 fully saturated rings. The lowest BCUT2D eigenvalue weighted by Gasteiger charge is -2.14. The van der Waals surface area contributed by atoms with Crippen molar-refractivity contribution in [1.82, 2.24) is 4.72 Å². The molecule has 0 aliphatic carbocycles. The Morgan fingerprint density at radius 3 is 2.65 bits per heavy atom. The number of thiophene rings is 1. The molecule has 1 atom stereocenters. The third kappa shape index (κ3) is 3.15. The van der Waals surface area contributed by atoms with Crippen LogP contribution in [0.2, 0.25) is 5.02 Å². The average Bonchev–Trinajstić information content (AvgIpc) is 2.88. The van der Waals surface area contributed by atoms with E-state index in [1.54, 1.807) is 13.8 Å². The lowest BCUT2D eigenvalue weighted by molar-refractivity contribution is 0.567. The highest BCUT2D eigenvalue weighted by Gasteiger charge is 2.20. The number of hydrogen-bond acceptors (Lipinski definition) is 4. The Morgan fingerprint density at radius 1 is 1.40 bits per heavy atom. The van der Waals surface area contributed by atoms with Crippen molar-refractivity contribution in [2.75, 3.05) is 5.73 Å². The molecule has 1 heterocycles. The van der Waals surface area contributed by atoms with Gasteiger partial charge in [0, 0.05) is 6.04 Å². The number of nitrogens with one attached hydrogen (secondary N) is 1. The molecule has 0 aliphatic heterocycles. The molecule has 7 heteroatoms. The van der Waals surface area contributed by atoms with Gasteiger partial charge in [-0.2, -0.15) is 11.3 Å². The first kappa shape index (κ1) is 15.3. The van der Waals surface area contributed by atoms with Crippen LogP contribution in [0.3, 0.4) is 0 Å². The number of halogens is 1. The number of nitrogen functional groups attached to an aromatic ring is 1. The Bertz CT molecular complexity index is 689. The van der Waals surface area contributed by atoms with E-state index in [-0.39, 0.29) is 16.6 Å². The molecule has 0 bridgehead atoms.